The van der Waals surface area contributed by atoms with E-state index in [0.717, 1.165) is 6.07 Å². The van der Waals surface area contributed by atoms with Crippen LogP contribution in [-0.4, -0.2) is 47.7 Å². The standard InChI is InChI=1S/C12H11BrFNO4/c13-8-3-7(4-9(14)5-8)11(16)15-1-2-19-10(6-15)12(17)18/h3-5,10H,1-2,6H2,(H,17,18)/t10-/m1/s1. The highest BCUT2D eigenvalue weighted by molar-refractivity contribution is 9.10. The van der Waals surface area contributed by atoms with Crippen molar-refractivity contribution in [3.8, 4) is 0 Å². The second-order valence-electron chi connectivity index (χ2n) is 4.11. The minimum absolute atomic E-state index is 0.0394. The summed E-state index contributed by atoms with van der Waals surface area (Å²) in [6.45, 7) is 0.401. The fourth-order valence-electron chi connectivity index (χ4n) is 1.84. The summed E-state index contributed by atoms with van der Waals surface area (Å²) in [5.41, 5.74) is 0.179. The molecular weight excluding hydrogens is 321 g/mol. The molecule has 102 valence electrons. The molecule has 0 saturated carbocycles. The Hall–Kier alpha value is -1.47. The summed E-state index contributed by atoms with van der Waals surface area (Å²) in [5, 5.41) is 8.87. The van der Waals surface area contributed by atoms with Crippen LogP contribution in [0.5, 0.6) is 0 Å². The van der Waals surface area contributed by atoms with Gasteiger partial charge < -0.3 is 14.7 Å². The maximum absolute atomic E-state index is 13.2. The number of carbonyl (C=O) groups excluding carboxylic acids is 1. The molecule has 0 aromatic heterocycles. The van der Waals surface area contributed by atoms with Crippen LogP contribution in [0.15, 0.2) is 22.7 Å². The minimum Gasteiger partial charge on any atom is -0.479 e. The van der Waals surface area contributed by atoms with Crippen molar-refractivity contribution in [2.45, 2.75) is 6.10 Å². The van der Waals surface area contributed by atoms with Gasteiger partial charge in [-0.05, 0) is 18.2 Å². The third-order valence-corrected chi connectivity index (χ3v) is 3.20. The molecule has 1 aliphatic rings. The highest BCUT2D eigenvalue weighted by Gasteiger charge is 2.29. The molecule has 2 rings (SSSR count). The SMILES string of the molecule is O=C(O)[C@H]1CN(C(=O)c2cc(F)cc(Br)c2)CCO1. The van der Waals surface area contributed by atoms with Gasteiger partial charge in [-0.1, -0.05) is 15.9 Å². The highest BCUT2D eigenvalue weighted by Crippen LogP contribution is 2.17. The van der Waals surface area contributed by atoms with Gasteiger partial charge in [0.25, 0.3) is 5.91 Å². The van der Waals surface area contributed by atoms with E-state index < -0.39 is 23.8 Å². The third-order valence-electron chi connectivity index (χ3n) is 2.74. The van der Waals surface area contributed by atoms with E-state index >= 15 is 0 Å². The maximum Gasteiger partial charge on any atom is 0.334 e. The van der Waals surface area contributed by atoms with E-state index in [9.17, 15) is 14.0 Å². The Kier molecular flexibility index (Phi) is 4.16. The van der Waals surface area contributed by atoms with Crippen LogP contribution in [0.25, 0.3) is 0 Å². The quantitative estimate of drug-likeness (QED) is 0.892. The zero-order valence-corrected chi connectivity index (χ0v) is 11.4. The zero-order chi connectivity index (χ0) is 14.0. The van der Waals surface area contributed by atoms with Crippen LogP contribution < -0.4 is 0 Å². The van der Waals surface area contributed by atoms with Crippen molar-refractivity contribution in [1.82, 2.24) is 4.90 Å². The molecule has 0 aliphatic carbocycles. The lowest BCUT2D eigenvalue weighted by Gasteiger charge is -2.30. The summed E-state index contributed by atoms with van der Waals surface area (Å²) in [6, 6.07) is 3.87. The molecule has 1 heterocycles. The van der Waals surface area contributed by atoms with Crippen molar-refractivity contribution in [2.24, 2.45) is 0 Å². The second-order valence-corrected chi connectivity index (χ2v) is 5.02. The van der Waals surface area contributed by atoms with Crippen molar-refractivity contribution in [3.63, 3.8) is 0 Å². The highest BCUT2D eigenvalue weighted by atomic mass is 79.9. The maximum atomic E-state index is 13.2. The fraction of sp³-hybridized carbons (Fsp3) is 0.333. The Balaban J connectivity index is 2.16. The molecule has 1 atom stereocenters. The zero-order valence-electron chi connectivity index (χ0n) is 9.81. The summed E-state index contributed by atoms with van der Waals surface area (Å²) >= 11 is 3.11. The summed E-state index contributed by atoms with van der Waals surface area (Å²) in [7, 11) is 0. The number of aliphatic carboxylic acids is 1. The summed E-state index contributed by atoms with van der Waals surface area (Å²) in [6.07, 6.45) is -1.03. The van der Waals surface area contributed by atoms with Crippen LogP contribution in [0.1, 0.15) is 10.4 Å². The van der Waals surface area contributed by atoms with Gasteiger partial charge in [0.1, 0.15) is 5.82 Å². The molecule has 0 bridgehead atoms. The van der Waals surface area contributed by atoms with Crippen molar-refractivity contribution in [2.75, 3.05) is 19.7 Å². The van der Waals surface area contributed by atoms with Crippen molar-refractivity contribution < 1.29 is 23.8 Å². The smallest absolute Gasteiger partial charge is 0.334 e. The number of hydrogen-bond acceptors (Lipinski definition) is 3. The average molecular weight is 332 g/mol. The topological polar surface area (TPSA) is 66.8 Å². The molecule has 1 fully saturated rings. The van der Waals surface area contributed by atoms with Crippen molar-refractivity contribution in [3.05, 3.63) is 34.1 Å². The van der Waals surface area contributed by atoms with Crippen LogP contribution in [0, 0.1) is 5.82 Å². The molecule has 0 radical (unpaired) electrons. The number of amides is 1. The number of morpholine rings is 1. The number of ether oxygens (including phenoxy) is 1. The third kappa shape index (κ3) is 3.30. The van der Waals surface area contributed by atoms with Gasteiger partial charge in [-0.2, -0.15) is 0 Å². The van der Waals surface area contributed by atoms with Gasteiger partial charge in [-0.3, -0.25) is 4.79 Å². The van der Waals surface area contributed by atoms with Gasteiger partial charge >= 0.3 is 5.97 Å². The first-order chi connectivity index (χ1) is 8.97. The average Bonchev–Trinajstić information content (AvgIpc) is 2.37. The Bertz CT molecular complexity index is 502. The first kappa shape index (κ1) is 14.0. The molecule has 0 spiro atoms. The largest absolute Gasteiger partial charge is 0.479 e. The molecular formula is C12H11BrFNO4. The molecule has 1 N–H and O–H groups in total. The molecule has 5 nitrogen and oxygen atoms in total. The number of rotatable bonds is 2. The lowest BCUT2D eigenvalue weighted by atomic mass is 10.1. The minimum atomic E-state index is -1.11. The number of hydrogen-bond donors (Lipinski definition) is 1. The second kappa shape index (κ2) is 5.66. The first-order valence-electron chi connectivity index (χ1n) is 5.57. The van der Waals surface area contributed by atoms with Crippen LogP contribution in [0.4, 0.5) is 4.39 Å². The van der Waals surface area contributed by atoms with Gasteiger partial charge in [-0.25, -0.2) is 9.18 Å². The van der Waals surface area contributed by atoms with E-state index in [2.05, 4.69) is 15.9 Å². The number of carboxylic acid groups (broad SMARTS) is 1. The predicted octanol–water partition coefficient (Wildman–Crippen LogP) is 1.51. The van der Waals surface area contributed by atoms with Gasteiger partial charge in [0.2, 0.25) is 0 Å². The number of benzene rings is 1. The molecule has 1 aliphatic heterocycles. The van der Waals surface area contributed by atoms with E-state index in [4.69, 9.17) is 9.84 Å². The number of carbonyl (C=O) groups is 2. The Morgan fingerprint density at radius 1 is 1.42 bits per heavy atom. The van der Waals surface area contributed by atoms with Crippen molar-refractivity contribution in [1.29, 1.82) is 0 Å². The lowest BCUT2D eigenvalue weighted by molar-refractivity contribution is -0.154. The van der Waals surface area contributed by atoms with E-state index in [1.807, 2.05) is 0 Å². The Morgan fingerprint density at radius 2 is 2.16 bits per heavy atom. The van der Waals surface area contributed by atoms with E-state index in [1.54, 1.807) is 0 Å². The lowest BCUT2D eigenvalue weighted by Crippen LogP contribution is -2.48. The molecule has 7 heteroatoms. The van der Waals surface area contributed by atoms with Crippen LogP contribution in [-0.2, 0) is 9.53 Å². The normalized spacial score (nSPS) is 19.3. The molecule has 1 amide bonds. The van der Waals surface area contributed by atoms with E-state index in [-0.39, 0.29) is 25.3 Å². The van der Waals surface area contributed by atoms with Gasteiger partial charge in [-0.15, -0.1) is 0 Å². The van der Waals surface area contributed by atoms with Crippen molar-refractivity contribution >= 4 is 27.8 Å². The number of carboxylic acids is 1. The van der Waals surface area contributed by atoms with Gasteiger partial charge in [0, 0.05) is 16.6 Å². The summed E-state index contributed by atoms with van der Waals surface area (Å²) in [4.78, 5) is 24.3. The number of halogens is 2. The molecule has 0 unspecified atom stereocenters. The van der Waals surface area contributed by atoms with Crippen LogP contribution in [0.3, 0.4) is 0 Å². The predicted molar refractivity (Wildman–Crippen MR) is 67.4 cm³/mol. The van der Waals surface area contributed by atoms with E-state index in [1.165, 1.54) is 17.0 Å². The Morgan fingerprint density at radius 3 is 2.79 bits per heavy atom. The molecule has 1 aromatic rings. The van der Waals surface area contributed by atoms with E-state index in [0.29, 0.717) is 4.47 Å². The monoisotopic (exact) mass is 331 g/mol. The summed E-state index contributed by atoms with van der Waals surface area (Å²) in [5.74, 6) is -2.05. The van der Waals surface area contributed by atoms with Crippen LogP contribution in [0.2, 0.25) is 0 Å². The molecule has 19 heavy (non-hydrogen) atoms. The Labute approximate surface area is 117 Å². The van der Waals surface area contributed by atoms with Crippen LogP contribution >= 0.6 is 15.9 Å². The molecule has 1 saturated heterocycles. The summed E-state index contributed by atoms with van der Waals surface area (Å²) < 4.78 is 18.7. The van der Waals surface area contributed by atoms with Gasteiger partial charge in [0.05, 0.1) is 13.2 Å². The first-order valence-corrected chi connectivity index (χ1v) is 6.36. The fourth-order valence-corrected chi connectivity index (χ4v) is 2.31. The molecule has 1 aromatic carbocycles. The number of nitrogens with zero attached hydrogens (tertiary/aromatic N) is 1. The van der Waals surface area contributed by atoms with Gasteiger partial charge in [0.15, 0.2) is 6.10 Å².